The fraction of sp³-hybridized carbons (Fsp3) is 0.889. The van der Waals surface area contributed by atoms with Crippen LogP contribution in [0.2, 0.25) is 0 Å². The summed E-state index contributed by atoms with van der Waals surface area (Å²) >= 11 is 0. The number of hydrazine groups is 1. The minimum absolute atomic E-state index is 0.265. The van der Waals surface area contributed by atoms with Gasteiger partial charge in [-0.15, -0.1) is 0 Å². The van der Waals surface area contributed by atoms with Gasteiger partial charge in [-0.3, -0.25) is 5.43 Å². The molecule has 5 heteroatoms. The lowest BCUT2D eigenvalue weighted by molar-refractivity contribution is 0.00456. The first-order valence-corrected chi connectivity index (χ1v) is 5.20. The summed E-state index contributed by atoms with van der Waals surface area (Å²) < 4.78 is 5.46. The predicted octanol–water partition coefficient (Wildman–Crippen LogP) is -0.311. The highest BCUT2D eigenvalue weighted by Crippen LogP contribution is 2.23. The molecule has 5 nitrogen and oxygen atoms in total. The van der Waals surface area contributed by atoms with Crippen LogP contribution in [0.4, 0.5) is 0 Å². The number of hydrogen-bond donors (Lipinski definition) is 2. The van der Waals surface area contributed by atoms with Crippen LogP contribution in [-0.4, -0.2) is 42.7 Å². The van der Waals surface area contributed by atoms with Crippen molar-refractivity contribution in [2.45, 2.75) is 31.9 Å². The molecule has 2 fully saturated rings. The third-order valence-corrected chi connectivity index (χ3v) is 2.52. The van der Waals surface area contributed by atoms with E-state index >= 15 is 0 Å². The number of morpholine rings is 1. The molecule has 0 bridgehead atoms. The lowest BCUT2D eigenvalue weighted by Gasteiger charge is -2.33. The Bertz CT molecular complexity index is 227. The van der Waals surface area contributed by atoms with Crippen LogP contribution in [0.5, 0.6) is 0 Å². The normalized spacial score (nSPS) is 29.1. The molecule has 14 heavy (non-hydrogen) atoms. The third-order valence-electron chi connectivity index (χ3n) is 2.52. The Morgan fingerprint density at radius 2 is 2.36 bits per heavy atom. The maximum absolute atomic E-state index is 5.46. The van der Waals surface area contributed by atoms with Crippen molar-refractivity contribution in [1.29, 1.82) is 0 Å². The molecule has 0 amide bonds. The van der Waals surface area contributed by atoms with Gasteiger partial charge in [-0.25, -0.2) is 10.8 Å². The van der Waals surface area contributed by atoms with Gasteiger partial charge in [0.05, 0.1) is 18.8 Å². The molecule has 1 aliphatic heterocycles. The van der Waals surface area contributed by atoms with E-state index in [-0.39, 0.29) is 6.10 Å². The number of nitrogens with one attached hydrogen (secondary N) is 1. The van der Waals surface area contributed by atoms with Crippen molar-refractivity contribution in [1.82, 2.24) is 10.3 Å². The largest absolute Gasteiger partial charge is 0.375 e. The van der Waals surface area contributed by atoms with Crippen molar-refractivity contribution < 1.29 is 4.74 Å². The van der Waals surface area contributed by atoms with Gasteiger partial charge in [-0.05, 0) is 19.8 Å². The van der Waals surface area contributed by atoms with E-state index in [1.807, 2.05) is 0 Å². The summed E-state index contributed by atoms with van der Waals surface area (Å²) in [6.45, 7) is 4.57. The van der Waals surface area contributed by atoms with Crippen LogP contribution in [0, 0.1) is 0 Å². The zero-order valence-corrected chi connectivity index (χ0v) is 8.57. The van der Waals surface area contributed by atoms with Crippen LogP contribution in [0.15, 0.2) is 4.99 Å². The van der Waals surface area contributed by atoms with Crippen LogP contribution >= 0.6 is 0 Å². The molecular weight excluding hydrogens is 180 g/mol. The van der Waals surface area contributed by atoms with Gasteiger partial charge in [0.15, 0.2) is 0 Å². The van der Waals surface area contributed by atoms with Gasteiger partial charge < -0.3 is 9.64 Å². The van der Waals surface area contributed by atoms with Crippen molar-refractivity contribution in [3.05, 3.63) is 0 Å². The Hall–Kier alpha value is -0.810. The average Bonchev–Trinajstić information content (AvgIpc) is 2.98. The smallest absolute Gasteiger partial charge is 0.208 e. The van der Waals surface area contributed by atoms with Crippen LogP contribution in [0.3, 0.4) is 0 Å². The summed E-state index contributed by atoms with van der Waals surface area (Å²) in [5.41, 5.74) is 2.68. The fourth-order valence-corrected chi connectivity index (χ4v) is 1.60. The summed E-state index contributed by atoms with van der Waals surface area (Å²) in [4.78, 5) is 6.67. The quantitative estimate of drug-likeness (QED) is 0.262. The minimum Gasteiger partial charge on any atom is -0.375 e. The van der Waals surface area contributed by atoms with E-state index in [0.717, 1.165) is 25.7 Å². The maximum atomic E-state index is 5.46. The number of ether oxygens (including phenoxy) is 1. The van der Waals surface area contributed by atoms with Crippen molar-refractivity contribution >= 4 is 5.96 Å². The Morgan fingerprint density at radius 3 is 2.93 bits per heavy atom. The van der Waals surface area contributed by atoms with Gasteiger partial charge in [-0.1, -0.05) is 0 Å². The van der Waals surface area contributed by atoms with E-state index in [4.69, 9.17) is 10.6 Å². The van der Waals surface area contributed by atoms with Crippen molar-refractivity contribution in [3.63, 3.8) is 0 Å². The minimum atomic E-state index is 0.265. The zero-order valence-electron chi connectivity index (χ0n) is 8.57. The molecule has 1 saturated heterocycles. The van der Waals surface area contributed by atoms with Gasteiger partial charge in [-0.2, -0.15) is 0 Å². The number of rotatable bonds is 1. The highest BCUT2D eigenvalue weighted by molar-refractivity contribution is 5.79. The van der Waals surface area contributed by atoms with E-state index in [0.29, 0.717) is 6.04 Å². The van der Waals surface area contributed by atoms with E-state index in [1.54, 1.807) is 0 Å². The summed E-state index contributed by atoms with van der Waals surface area (Å²) in [5, 5.41) is 0. The second-order valence-corrected chi connectivity index (χ2v) is 3.96. The maximum Gasteiger partial charge on any atom is 0.208 e. The first-order chi connectivity index (χ1) is 6.79. The molecule has 80 valence electrons. The van der Waals surface area contributed by atoms with Crippen LogP contribution in [0.25, 0.3) is 0 Å². The predicted molar refractivity (Wildman–Crippen MR) is 54.8 cm³/mol. The zero-order chi connectivity index (χ0) is 9.97. The van der Waals surface area contributed by atoms with E-state index < -0.39 is 0 Å². The average molecular weight is 198 g/mol. The molecule has 1 unspecified atom stereocenters. The van der Waals surface area contributed by atoms with Crippen LogP contribution < -0.4 is 11.3 Å². The molecule has 0 aromatic carbocycles. The molecule has 0 spiro atoms. The number of nitrogens with zero attached hydrogens (tertiary/aromatic N) is 2. The van der Waals surface area contributed by atoms with Gasteiger partial charge in [0.25, 0.3) is 0 Å². The topological polar surface area (TPSA) is 62.9 Å². The molecule has 0 radical (unpaired) electrons. The number of guanidine groups is 1. The second kappa shape index (κ2) is 4.14. The van der Waals surface area contributed by atoms with E-state index in [2.05, 4.69) is 22.2 Å². The molecule has 0 aromatic heterocycles. The highest BCUT2D eigenvalue weighted by Gasteiger charge is 2.24. The molecule has 1 atom stereocenters. The first-order valence-electron chi connectivity index (χ1n) is 5.20. The molecule has 1 aliphatic carbocycles. The summed E-state index contributed by atoms with van der Waals surface area (Å²) in [6, 6.07) is 0.499. The summed E-state index contributed by atoms with van der Waals surface area (Å²) in [7, 11) is 0. The Kier molecular flexibility index (Phi) is 2.88. The Morgan fingerprint density at radius 1 is 1.57 bits per heavy atom. The molecule has 2 aliphatic rings. The molecule has 2 rings (SSSR count). The second-order valence-electron chi connectivity index (χ2n) is 3.96. The van der Waals surface area contributed by atoms with Gasteiger partial charge in [0.1, 0.15) is 0 Å². The lowest BCUT2D eigenvalue weighted by atomic mass is 10.3. The molecule has 3 N–H and O–H groups in total. The third kappa shape index (κ3) is 2.36. The van der Waals surface area contributed by atoms with Gasteiger partial charge in [0.2, 0.25) is 5.96 Å². The SMILES string of the molecule is CC1CN(C(=NC2CC2)NN)CCO1. The molecular formula is C9H18N4O. The Balaban J connectivity index is 1.95. The van der Waals surface area contributed by atoms with E-state index in [1.165, 1.54) is 12.8 Å². The lowest BCUT2D eigenvalue weighted by Crippen LogP contribution is -2.51. The monoisotopic (exact) mass is 198 g/mol. The van der Waals surface area contributed by atoms with Crippen molar-refractivity contribution in [3.8, 4) is 0 Å². The number of aliphatic imine (C=N–C) groups is 1. The fourth-order valence-electron chi connectivity index (χ4n) is 1.60. The van der Waals surface area contributed by atoms with Gasteiger partial charge >= 0.3 is 0 Å². The van der Waals surface area contributed by atoms with Crippen LogP contribution in [0.1, 0.15) is 19.8 Å². The van der Waals surface area contributed by atoms with Crippen molar-refractivity contribution in [2.75, 3.05) is 19.7 Å². The molecule has 1 saturated carbocycles. The molecule has 1 heterocycles. The number of hydrogen-bond acceptors (Lipinski definition) is 3. The first kappa shape index (κ1) is 9.73. The van der Waals surface area contributed by atoms with Crippen molar-refractivity contribution in [2.24, 2.45) is 10.8 Å². The van der Waals surface area contributed by atoms with E-state index in [9.17, 15) is 0 Å². The standard InChI is InChI=1S/C9H18N4O/c1-7-6-13(4-5-14-7)9(12-10)11-8-2-3-8/h7-8H,2-6,10H2,1H3,(H,11,12). The van der Waals surface area contributed by atoms with Gasteiger partial charge in [0, 0.05) is 13.1 Å². The highest BCUT2D eigenvalue weighted by atomic mass is 16.5. The molecule has 0 aromatic rings. The van der Waals surface area contributed by atoms with Crippen LogP contribution in [-0.2, 0) is 4.74 Å². The summed E-state index contributed by atoms with van der Waals surface area (Å²) in [6.07, 6.45) is 2.66. The Labute approximate surface area is 84.3 Å². The number of nitrogens with two attached hydrogens (primary N) is 1. The summed E-state index contributed by atoms with van der Waals surface area (Å²) in [5.74, 6) is 6.28.